The van der Waals surface area contributed by atoms with E-state index in [0.29, 0.717) is 55.1 Å². The van der Waals surface area contributed by atoms with E-state index in [4.69, 9.17) is 14.2 Å². The van der Waals surface area contributed by atoms with Crippen molar-refractivity contribution in [3.05, 3.63) is 59.2 Å². The number of hydrogen-bond acceptors (Lipinski definition) is 4. The fourth-order valence-corrected chi connectivity index (χ4v) is 7.44. The summed E-state index contributed by atoms with van der Waals surface area (Å²) in [6.45, 7) is 1.69. The van der Waals surface area contributed by atoms with Gasteiger partial charge in [-0.25, -0.2) is 8.78 Å². The second-order valence-electron chi connectivity index (χ2n) is 13.5. The molecule has 0 bridgehead atoms. The molecule has 2 aromatic carbocycles. The van der Waals surface area contributed by atoms with Crippen LogP contribution in [-0.2, 0) is 9.47 Å². The van der Waals surface area contributed by atoms with Crippen molar-refractivity contribution in [2.75, 3.05) is 19.8 Å². The summed E-state index contributed by atoms with van der Waals surface area (Å²) in [6.07, 6.45) is 1.91. The van der Waals surface area contributed by atoms with E-state index in [0.717, 1.165) is 18.1 Å². The van der Waals surface area contributed by atoms with Crippen LogP contribution in [0.25, 0.3) is 0 Å². The summed E-state index contributed by atoms with van der Waals surface area (Å²) in [5, 5.41) is 0. The van der Waals surface area contributed by atoms with E-state index >= 15 is 4.39 Å². The number of halogens is 7. The summed E-state index contributed by atoms with van der Waals surface area (Å²) in [6, 6.07) is 7.22. The van der Waals surface area contributed by atoms with Gasteiger partial charge in [0.05, 0.1) is 19.1 Å². The number of benzene rings is 2. The van der Waals surface area contributed by atoms with Crippen molar-refractivity contribution in [1.82, 2.24) is 0 Å². The van der Waals surface area contributed by atoms with Crippen LogP contribution in [0.15, 0.2) is 36.4 Å². The number of hydrogen-bond donors (Lipinski definition) is 0. The molecular weight excluding hydrogens is 629 g/mol. The van der Waals surface area contributed by atoms with Crippen LogP contribution < -0.4 is 9.47 Å². The Kier molecular flexibility index (Phi) is 12.0. The Balaban J connectivity index is 1.08. The van der Waals surface area contributed by atoms with Gasteiger partial charge >= 0.3 is 12.3 Å². The highest BCUT2D eigenvalue weighted by Crippen LogP contribution is 2.45. The third kappa shape index (κ3) is 9.77. The smallest absolute Gasteiger partial charge is 0.422 e. The summed E-state index contributed by atoms with van der Waals surface area (Å²) >= 11 is 0. The fourth-order valence-electron chi connectivity index (χ4n) is 7.44. The Morgan fingerprint density at radius 2 is 1.47 bits per heavy atom. The van der Waals surface area contributed by atoms with Crippen LogP contribution in [0, 0.1) is 35.3 Å². The molecule has 4 nitrogen and oxygen atoms in total. The van der Waals surface area contributed by atoms with Gasteiger partial charge in [0, 0.05) is 17.5 Å². The highest BCUT2D eigenvalue weighted by Gasteiger charge is 2.44. The van der Waals surface area contributed by atoms with Gasteiger partial charge in [-0.15, -0.1) is 0 Å². The highest BCUT2D eigenvalue weighted by atomic mass is 19.4. The Morgan fingerprint density at radius 1 is 0.766 bits per heavy atom. The molecule has 5 rings (SSSR count). The lowest BCUT2D eigenvalue weighted by Gasteiger charge is -2.38. The van der Waals surface area contributed by atoms with Crippen LogP contribution in [0.3, 0.4) is 0 Å². The van der Waals surface area contributed by atoms with Gasteiger partial charge in [-0.3, -0.25) is 0 Å². The van der Waals surface area contributed by atoms with Crippen LogP contribution in [0.2, 0.25) is 0 Å². The van der Waals surface area contributed by atoms with Gasteiger partial charge in [0.1, 0.15) is 11.6 Å². The van der Waals surface area contributed by atoms with E-state index in [-0.39, 0.29) is 18.8 Å². The summed E-state index contributed by atoms with van der Waals surface area (Å²) in [7, 11) is 0. The molecule has 2 saturated carbocycles. The van der Waals surface area contributed by atoms with Gasteiger partial charge < -0.3 is 18.9 Å². The molecule has 0 N–H and O–H groups in total. The highest BCUT2D eigenvalue weighted by molar-refractivity contribution is 5.33. The standard InChI is InChI=1S/C36H45F7O4/c1-2-3-4-5-23-6-8-24(9-7-23)27-20-44-34(45-21-27)26-12-16-30(31(37)18-26)25-10-13-28(14-11-25)36(42,43)47-29-15-17-33(32(38)19-29)46-22-35(39,40)41/h12,15-19,23-25,27-28,34H,2-11,13-14,20-22H2,1H3. The quantitative estimate of drug-likeness (QED) is 0.166. The van der Waals surface area contributed by atoms with E-state index in [2.05, 4.69) is 11.7 Å². The summed E-state index contributed by atoms with van der Waals surface area (Å²) in [5.74, 6) is -2.59. The van der Waals surface area contributed by atoms with Crippen molar-refractivity contribution >= 4 is 0 Å². The molecule has 1 heterocycles. The molecule has 2 aromatic rings. The third-order valence-electron chi connectivity index (χ3n) is 10.2. The molecule has 1 saturated heterocycles. The molecule has 47 heavy (non-hydrogen) atoms. The van der Waals surface area contributed by atoms with Crippen molar-refractivity contribution in [2.24, 2.45) is 23.7 Å². The molecule has 0 radical (unpaired) electrons. The molecule has 0 spiro atoms. The third-order valence-corrected chi connectivity index (χ3v) is 10.2. The van der Waals surface area contributed by atoms with E-state index in [1.54, 1.807) is 12.1 Å². The van der Waals surface area contributed by atoms with Gasteiger partial charge in [-0.05, 0) is 80.0 Å². The summed E-state index contributed by atoms with van der Waals surface area (Å²) in [5.41, 5.74) is 1.05. The first kappa shape index (κ1) is 35.8. The topological polar surface area (TPSA) is 36.9 Å². The Bertz CT molecular complexity index is 1280. The van der Waals surface area contributed by atoms with Crippen LogP contribution in [0.5, 0.6) is 11.5 Å². The zero-order chi connectivity index (χ0) is 33.6. The first-order valence-electron chi connectivity index (χ1n) is 17.0. The molecular formula is C36H45F7O4. The van der Waals surface area contributed by atoms with E-state index in [1.807, 2.05) is 0 Å². The van der Waals surface area contributed by atoms with Crippen LogP contribution in [0.1, 0.15) is 107 Å². The zero-order valence-corrected chi connectivity index (χ0v) is 26.8. The maximum absolute atomic E-state index is 15.3. The number of alkyl halides is 5. The van der Waals surface area contributed by atoms with Gasteiger partial charge in [-0.1, -0.05) is 57.6 Å². The minimum atomic E-state index is -4.67. The normalized spacial score (nSPS) is 27.4. The molecule has 1 aliphatic heterocycles. The average Bonchev–Trinajstić information content (AvgIpc) is 3.04. The second-order valence-corrected chi connectivity index (χ2v) is 13.5. The first-order chi connectivity index (χ1) is 22.4. The fraction of sp³-hybridized carbons (Fsp3) is 0.667. The van der Waals surface area contributed by atoms with Crippen LogP contribution in [0.4, 0.5) is 30.7 Å². The van der Waals surface area contributed by atoms with Crippen molar-refractivity contribution in [3.8, 4) is 11.5 Å². The van der Waals surface area contributed by atoms with Crippen molar-refractivity contribution in [2.45, 2.75) is 108 Å². The first-order valence-corrected chi connectivity index (χ1v) is 17.0. The SMILES string of the molecule is CCCCCC1CCC(C2COC(c3ccc(C4CCC(C(F)(F)Oc5ccc(OCC(F)(F)F)c(F)c5)CC4)c(F)c3)OC2)CC1. The van der Waals surface area contributed by atoms with E-state index in [1.165, 1.54) is 57.4 Å². The van der Waals surface area contributed by atoms with Crippen LogP contribution >= 0.6 is 0 Å². The lowest BCUT2D eigenvalue weighted by Crippen LogP contribution is -2.37. The molecule has 262 valence electrons. The summed E-state index contributed by atoms with van der Waals surface area (Å²) < 4.78 is 118. The van der Waals surface area contributed by atoms with Gasteiger partial charge in [0.2, 0.25) is 0 Å². The predicted molar refractivity (Wildman–Crippen MR) is 162 cm³/mol. The molecule has 0 amide bonds. The molecule has 2 aliphatic carbocycles. The average molecular weight is 675 g/mol. The Hall–Kier alpha value is -2.53. The van der Waals surface area contributed by atoms with Gasteiger partial charge in [0.15, 0.2) is 24.5 Å². The van der Waals surface area contributed by atoms with Gasteiger partial charge in [0.25, 0.3) is 0 Å². The van der Waals surface area contributed by atoms with Crippen molar-refractivity contribution in [3.63, 3.8) is 0 Å². The maximum atomic E-state index is 15.3. The molecule has 3 aliphatic rings. The summed E-state index contributed by atoms with van der Waals surface area (Å²) in [4.78, 5) is 0. The molecule has 0 atom stereocenters. The van der Waals surface area contributed by atoms with Crippen molar-refractivity contribution in [1.29, 1.82) is 0 Å². The van der Waals surface area contributed by atoms with Crippen molar-refractivity contribution < 1.29 is 49.7 Å². The minimum Gasteiger partial charge on any atom is -0.481 e. The number of ether oxygens (including phenoxy) is 4. The largest absolute Gasteiger partial charge is 0.481 e. The van der Waals surface area contributed by atoms with E-state index < -0.39 is 54.2 Å². The maximum Gasteiger partial charge on any atom is 0.422 e. The second kappa shape index (κ2) is 15.8. The Labute approximate surface area is 272 Å². The predicted octanol–water partition coefficient (Wildman–Crippen LogP) is 10.9. The Morgan fingerprint density at radius 3 is 2.09 bits per heavy atom. The monoisotopic (exact) mass is 674 g/mol. The van der Waals surface area contributed by atoms with Gasteiger partial charge in [-0.2, -0.15) is 22.0 Å². The molecule has 11 heteroatoms. The number of rotatable bonds is 12. The van der Waals surface area contributed by atoms with E-state index in [9.17, 15) is 26.3 Å². The van der Waals surface area contributed by atoms with Crippen LogP contribution in [-0.4, -0.2) is 32.1 Å². The lowest BCUT2D eigenvalue weighted by atomic mass is 9.74. The molecule has 0 aromatic heterocycles. The molecule has 0 unspecified atom stereocenters. The molecule has 3 fully saturated rings. The lowest BCUT2D eigenvalue weighted by molar-refractivity contribution is -0.222. The zero-order valence-electron chi connectivity index (χ0n) is 26.8. The minimum absolute atomic E-state index is 0.0466. The number of unbranched alkanes of at least 4 members (excludes halogenated alkanes) is 2.